The molecular formula is C15H15ClN2O3. The molecule has 1 N–H and O–H groups in total. The highest BCUT2D eigenvalue weighted by Gasteiger charge is 2.23. The molecule has 21 heavy (non-hydrogen) atoms. The average Bonchev–Trinajstić information content (AvgIpc) is 3.04. The molecule has 3 rings (SSSR count). The highest BCUT2D eigenvalue weighted by atomic mass is 35.5. The van der Waals surface area contributed by atoms with Crippen molar-refractivity contribution in [3.63, 3.8) is 0 Å². The van der Waals surface area contributed by atoms with Crippen molar-refractivity contribution in [1.82, 2.24) is 4.57 Å². The highest BCUT2D eigenvalue weighted by Crippen LogP contribution is 2.25. The van der Waals surface area contributed by atoms with Gasteiger partial charge in [-0.05, 0) is 30.3 Å². The number of anilines is 1. The number of ether oxygens (including phenoxy) is 2. The number of amides is 1. The van der Waals surface area contributed by atoms with Crippen molar-refractivity contribution in [2.45, 2.75) is 6.10 Å². The zero-order chi connectivity index (χ0) is 14.7. The van der Waals surface area contributed by atoms with E-state index in [0.29, 0.717) is 23.9 Å². The third-order valence-corrected chi connectivity index (χ3v) is 3.44. The molecule has 0 aliphatic carbocycles. The number of carbonyl (C=O) groups excluding carboxylic acids is 1. The van der Waals surface area contributed by atoms with Crippen molar-refractivity contribution in [2.24, 2.45) is 0 Å². The van der Waals surface area contributed by atoms with E-state index in [1.807, 2.05) is 29.1 Å². The molecule has 2 heterocycles. The molecule has 1 saturated heterocycles. The molecular weight excluding hydrogens is 292 g/mol. The van der Waals surface area contributed by atoms with E-state index in [0.717, 1.165) is 5.69 Å². The van der Waals surface area contributed by atoms with Crippen molar-refractivity contribution < 1.29 is 14.3 Å². The normalized spacial score (nSPS) is 18.4. The van der Waals surface area contributed by atoms with E-state index in [4.69, 9.17) is 21.1 Å². The summed E-state index contributed by atoms with van der Waals surface area (Å²) in [6.07, 6.45) is 3.20. The van der Waals surface area contributed by atoms with Crippen LogP contribution in [0, 0.1) is 0 Å². The Bertz CT molecular complexity index is 622. The molecule has 1 atom stereocenters. The van der Waals surface area contributed by atoms with Crippen LogP contribution < -0.4 is 5.32 Å². The molecule has 1 aromatic heterocycles. The number of nitrogens with one attached hydrogen (secondary N) is 1. The summed E-state index contributed by atoms with van der Waals surface area (Å²) in [4.78, 5) is 12.2. The van der Waals surface area contributed by atoms with E-state index in [1.165, 1.54) is 0 Å². The van der Waals surface area contributed by atoms with Crippen LogP contribution in [0.4, 0.5) is 5.69 Å². The molecule has 1 amide bonds. The minimum absolute atomic E-state index is 0.217. The van der Waals surface area contributed by atoms with Crippen LogP contribution in [0.3, 0.4) is 0 Å². The Balaban J connectivity index is 1.83. The molecule has 1 fully saturated rings. The Kier molecular flexibility index (Phi) is 4.24. The number of aromatic nitrogens is 1. The lowest BCUT2D eigenvalue weighted by molar-refractivity contribution is -0.142. The number of benzene rings is 1. The minimum Gasteiger partial charge on any atom is -0.376 e. The first kappa shape index (κ1) is 14.1. The van der Waals surface area contributed by atoms with Gasteiger partial charge in [0.1, 0.15) is 0 Å². The number of carbonyl (C=O) groups is 1. The van der Waals surface area contributed by atoms with Crippen LogP contribution in [0.5, 0.6) is 0 Å². The third-order valence-electron chi connectivity index (χ3n) is 3.21. The molecule has 6 heteroatoms. The molecule has 1 aliphatic heterocycles. The summed E-state index contributed by atoms with van der Waals surface area (Å²) in [7, 11) is 0. The predicted octanol–water partition coefficient (Wildman–Crippen LogP) is 2.48. The number of halogens is 1. The van der Waals surface area contributed by atoms with Crippen LogP contribution in [-0.4, -0.2) is 36.4 Å². The largest absolute Gasteiger partial charge is 0.376 e. The fourth-order valence-corrected chi connectivity index (χ4v) is 2.34. The minimum atomic E-state index is -0.577. The lowest BCUT2D eigenvalue weighted by atomic mass is 10.2. The Morgan fingerprint density at radius 1 is 1.29 bits per heavy atom. The molecule has 0 bridgehead atoms. The van der Waals surface area contributed by atoms with Crippen molar-refractivity contribution in [1.29, 1.82) is 0 Å². The van der Waals surface area contributed by atoms with Gasteiger partial charge in [0.05, 0.1) is 31.2 Å². The van der Waals surface area contributed by atoms with Gasteiger partial charge in [-0.1, -0.05) is 11.6 Å². The van der Waals surface area contributed by atoms with E-state index in [9.17, 15) is 4.79 Å². The van der Waals surface area contributed by atoms with Crippen molar-refractivity contribution in [2.75, 3.05) is 25.1 Å². The van der Waals surface area contributed by atoms with Gasteiger partial charge in [-0.3, -0.25) is 4.79 Å². The second kappa shape index (κ2) is 6.30. The SMILES string of the molecule is O=C(Nc1ccc(Cl)cc1-n1cccc1)C1COCCO1. The predicted molar refractivity (Wildman–Crippen MR) is 80.0 cm³/mol. The molecule has 1 aliphatic rings. The van der Waals surface area contributed by atoms with Gasteiger partial charge < -0.3 is 19.4 Å². The Hall–Kier alpha value is -1.82. The van der Waals surface area contributed by atoms with E-state index < -0.39 is 6.10 Å². The summed E-state index contributed by atoms with van der Waals surface area (Å²) in [5, 5.41) is 3.48. The van der Waals surface area contributed by atoms with Crippen LogP contribution in [0.15, 0.2) is 42.7 Å². The van der Waals surface area contributed by atoms with Crippen molar-refractivity contribution in [3.05, 3.63) is 47.7 Å². The number of rotatable bonds is 3. The number of hydrogen-bond donors (Lipinski definition) is 1. The van der Waals surface area contributed by atoms with E-state index >= 15 is 0 Å². The third kappa shape index (κ3) is 3.26. The van der Waals surface area contributed by atoms with Gasteiger partial charge in [-0.25, -0.2) is 0 Å². The second-order valence-corrected chi connectivity index (χ2v) is 5.11. The molecule has 0 spiro atoms. The lowest BCUT2D eigenvalue weighted by Gasteiger charge is -2.22. The maximum atomic E-state index is 12.2. The van der Waals surface area contributed by atoms with Gasteiger partial charge in [-0.15, -0.1) is 0 Å². The van der Waals surface area contributed by atoms with Gasteiger partial charge >= 0.3 is 0 Å². The summed E-state index contributed by atoms with van der Waals surface area (Å²) in [5.74, 6) is -0.217. The summed E-state index contributed by atoms with van der Waals surface area (Å²) in [5.41, 5.74) is 1.48. The molecule has 1 aromatic carbocycles. The van der Waals surface area contributed by atoms with Gasteiger partial charge in [-0.2, -0.15) is 0 Å². The van der Waals surface area contributed by atoms with E-state index in [-0.39, 0.29) is 12.5 Å². The maximum Gasteiger partial charge on any atom is 0.255 e. The van der Waals surface area contributed by atoms with Crippen LogP contribution in [0.2, 0.25) is 5.02 Å². The standard InChI is InChI=1S/C15H15ClN2O3/c16-11-3-4-12(13(9-11)18-5-1-2-6-18)17-15(19)14-10-20-7-8-21-14/h1-6,9,14H,7-8,10H2,(H,17,19). The van der Waals surface area contributed by atoms with Crippen molar-refractivity contribution >= 4 is 23.2 Å². The van der Waals surface area contributed by atoms with Crippen LogP contribution in [0.25, 0.3) is 5.69 Å². The summed E-state index contributed by atoms with van der Waals surface area (Å²) in [6.45, 7) is 1.24. The fraction of sp³-hybridized carbons (Fsp3) is 0.267. The van der Waals surface area contributed by atoms with Crippen molar-refractivity contribution in [3.8, 4) is 5.69 Å². The van der Waals surface area contributed by atoms with Gasteiger partial charge in [0.2, 0.25) is 0 Å². The molecule has 2 aromatic rings. The Morgan fingerprint density at radius 2 is 2.10 bits per heavy atom. The quantitative estimate of drug-likeness (QED) is 0.948. The van der Waals surface area contributed by atoms with E-state index in [1.54, 1.807) is 18.2 Å². The first-order valence-corrected chi connectivity index (χ1v) is 7.05. The number of hydrogen-bond acceptors (Lipinski definition) is 3. The molecule has 5 nitrogen and oxygen atoms in total. The zero-order valence-corrected chi connectivity index (χ0v) is 12.0. The topological polar surface area (TPSA) is 52.5 Å². The lowest BCUT2D eigenvalue weighted by Crippen LogP contribution is -2.39. The summed E-state index contributed by atoms with van der Waals surface area (Å²) in [6, 6.07) is 9.13. The van der Waals surface area contributed by atoms with Gasteiger partial charge in [0, 0.05) is 17.4 Å². The highest BCUT2D eigenvalue weighted by molar-refractivity contribution is 6.31. The van der Waals surface area contributed by atoms with Gasteiger partial charge in [0.15, 0.2) is 6.10 Å². The number of nitrogens with zero attached hydrogens (tertiary/aromatic N) is 1. The summed E-state index contributed by atoms with van der Waals surface area (Å²) < 4.78 is 12.5. The first-order chi connectivity index (χ1) is 10.2. The summed E-state index contributed by atoms with van der Waals surface area (Å²) >= 11 is 6.05. The van der Waals surface area contributed by atoms with E-state index in [2.05, 4.69) is 5.32 Å². The zero-order valence-electron chi connectivity index (χ0n) is 11.3. The first-order valence-electron chi connectivity index (χ1n) is 6.67. The Morgan fingerprint density at radius 3 is 2.81 bits per heavy atom. The van der Waals surface area contributed by atoms with Crippen LogP contribution in [0.1, 0.15) is 0 Å². The molecule has 0 radical (unpaired) electrons. The average molecular weight is 307 g/mol. The fourth-order valence-electron chi connectivity index (χ4n) is 2.17. The monoisotopic (exact) mass is 306 g/mol. The van der Waals surface area contributed by atoms with Crippen LogP contribution >= 0.6 is 11.6 Å². The second-order valence-electron chi connectivity index (χ2n) is 4.68. The van der Waals surface area contributed by atoms with Gasteiger partial charge in [0.25, 0.3) is 5.91 Å². The van der Waals surface area contributed by atoms with Crippen LogP contribution in [-0.2, 0) is 14.3 Å². The molecule has 110 valence electrons. The molecule has 0 saturated carbocycles. The smallest absolute Gasteiger partial charge is 0.255 e. The maximum absolute atomic E-state index is 12.2. The Labute approximate surface area is 127 Å². The molecule has 1 unspecified atom stereocenters.